The van der Waals surface area contributed by atoms with Crippen LogP contribution in [0.25, 0.3) is 33.7 Å². The average molecular weight is 389 g/mol. The second-order valence-electron chi connectivity index (χ2n) is 6.73. The Morgan fingerprint density at radius 2 is 2.07 bits per heavy atom. The smallest absolute Gasteiger partial charge is 0.309 e. The van der Waals surface area contributed by atoms with Crippen molar-refractivity contribution in [3.8, 4) is 22.5 Å². The lowest BCUT2D eigenvalue weighted by molar-refractivity contribution is -0.137. The molecule has 0 bridgehead atoms. The summed E-state index contributed by atoms with van der Waals surface area (Å²) in [6.45, 7) is 2.18. The Labute approximate surface area is 166 Å². The number of aryl methyl sites for hydroxylation is 2. The Kier molecular flexibility index (Phi) is 4.55. The molecule has 1 aromatic carbocycles. The molecule has 3 aromatic heterocycles. The fraction of sp³-hybridized carbons (Fsp3) is 0.150. The Morgan fingerprint density at radius 3 is 2.76 bits per heavy atom. The highest BCUT2D eigenvalue weighted by atomic mass is 16.2. The summed E-state index contributed by atoms with van der Waals surface area (Å²) in [5.41, 5.74) is 11.1. The maximum absolute atomic E-state index is 11.4. The lowest BCUT2D eigenvalue weighted by Crippen LogP contribution is -2.35. The number of H-pyrrole nitrogens is 1. The SMILES string of the molecule is Cc1cc(-c2ccnc3nc(-c4cnn(C)c4)[nH]c23)ccc1CNC(=O)C(N)=O. The van der Waals surface area contributed by atoms with Crippen molar-refractivity contribution < 1.29 is 9.59 Å². The molecule has 9 heteroatoms. The van der Waals surface area contributed by atoms with E-state index in [0.29, 0.717) is 11.5 Å². The van der Waals surface area contributed by atoms with Crippen molar-refractivity contribution in [2.24, 2.45) is 12.8 Å². The number of imidazole rings is 1. The van der Waals surface area contributed by atoms with Gasteiger partial charge in [0.25, 0.3) is 0 Å². The van der Waals surface area contributed by atoms with Crippen LogP contribution < -0.4 is 11.1 Å². The first-order valence-corrected chi connectivity index (χ1v) is 8.93. The van der Waals surface area contributed by atoms with Gasteiger partial charge in [0, 0.05) is 31.5 Å². The molecule has 0 aliphatic rings. The third-order valence-corrected chi connectivity index (χ3v) is 4.69. The zero-order valence-electron chi connectivity index (χ0n) is 15.9. The number of aromatic nitrogens is 5. The Morgan fingerprint density at radius 1 is 1.24 bits per heavy atom. The molecule has 146 valence electrons. The molecule has 0 aliphatic carbocycles. The number of nitrogens with two attached hydrogens (primary N) is 1. The third kappa shape index (κ3) is 3.57. The molecular weight excluding hydrogens is 370 g/mol. The highest BCUT2D eigenvalue weighted by Crippen LogP contribution is 2.29. The van der Waals surface area contributed by atoms with Crippen LogP contribution in [0.15, 0.2) is 42.9 Å². The molecule has 0 spiro atoms. The lowest BCUT2D eigenvalue weighted by Gasteiger charge is -2.10. The molecule has 2 amide bonds. The number of carbonyl (C=O) groups is 2. The molecule has 0 saturated carbocycles. The normalized spacial score (nSPS) is 11.0. The summed E-state index contributed by atoms with van der Waals surface area (Å²) in [6.07, 6.45) is 5.36. The molecule has 0 radical (unpaired) electrons. The Bertz CT molecular complexity index is 1240. The molecular formula is C20H19N7O2. The van der Waals surface area contributed by atoms with Crippen LogP contribution in [0.1, 0.15) is 11.1 Å². The molecule has 0 unspecified atom stereocenters. The molecule has 0 fully saturated rings. The van der Waals surface area contributed by atoms with Gasteiger partial charge in [-0.25, -0.2) is 9.97 Å². The zero-order valence-corrected chi connectivity index (χ0v) is 15.9. The van der Waals surface area contributed by atoms with Gasteiger partial charge in [0.05, 0.1) is 17.3 Å². The van der Waals surface area contributed by atoms with E-state index in [1.165, 1.54) is 0 Å². The average Bonchev–Trinajstić information content (AvgIpc) is 3.32. The van der Waals surface area contributed by atoms with E-state index in [2.05, 4.69) is 25.4 Å². The summed E-state index contributed by atoms with van der Waals surface area (Å²) in [6, 6.07) is 7.82. The number of fused-ring (bicyclic) bond motifs is 1. The predicted octanol–water partition coefficient (Wildman–Crippen LogP) is 1.44. The van der Waals surface area contributed by atoms with Crippen molar-refractivity contribution in [3.05, 3.63) is 54.0 Å². The number of pyridine rings is 1. The number of primary amides is 1. The van der Waals surface area contributed by atoms with Crippen LogP contribution in [0, 0.1) is 6.92 Å². The minimum atomic E-state index is -0.998. The largest absolute Gasteiger partial charge is 0.361 e. The summed E-state index contributed by atoms with van der Waals surface area (Å²) in [5, 5.41) is 6.69. The van der Waals surface area contributed by atoms with Crippen LogP contribution in [0.4, 0.5) is 0 Å². The van der Waals surface area contributed by atoms with Gasteiger partial charge in [-0.05, 0) is 29.7 Å². The molecule has 4 N–H and O–H groups in total. The molecule has 4 aromatic rings. The molecule has 0 atom stereocenters. The van der Waals surface area contributed by atoms with Crippen molar-refractivity contribution in [3.63, 3.8) is 0 Å². The van der Waals surface area contributed by atoms with E-state index in [9.17, 15) is 9.59 Å². The lowest BCUT2D eigenvalue weighted by atomic mass is 10.00. The molecule has 9 nitrogen and oxygen atoms in total. The maximum atomic E-state index is 11.4. The number of aromatic amines is 1. The van der Waals surface area contributed by atoms with Crippen LogP contribution in [0.5, 0.6) is 0 Å². The fourth-order valence-corrected chi connectivity index (χ4v) is 3.16. The van der Waals surface area contributed by atoms with E-state index in [4.69, 9.17) is 5.73 Å². The quantitative estimate of drug-likeness (QED) is 0.454. The molecule has 3 heterocycles. The summed E-state index contributed by atoms with van der Waals surface area (Å²) >= 11 is 0. The van der Waals surface area contributed by atoms with Crippen molar-refractivity contribution in [1.82, 2.24) is 30.0 Å². The molecule has 29 heavy (non-hydrogen) atoms. The zero-order chi connectivity index (χ0) is 20.5. The first-order valence-electron chi connectivity index (χ1n) is 8.93. The highest BCUT2D eigenvalue weighted by molar-refractivity contribution is 6.34. The monoisotopic (exact) mass is 389 g/mol. The summed E-state index contributed by atoms with van der Waals surface area (Å²) in [5.74, 6) is -1.10. The van der Waals surface area contributed by atoms with Gasteiger partial charge in [-0.15, -0.1) is 0 Å². The molecule has 4 rings (SSSR count). The van der Waals surface area contributed by atoms with Crippen molar-refractivity contribution in [2.75, 3.05) is 0 Å². The van der Waals surface area contributed by atoms with Gasteiger partial charge >= 0.3 is 11.8 Å². The first-order chi connectivity index (χ1) is 13.9. The van der Waals surface area contributed by atoms with Gasteiger partial charge in [0.1, 0.15) is 5.82 Å². The number of nitrogens with one attached hydrogen (secondary N) is 2. The number of benzene rings is 1. The van der Waals surface area contributed by atoms with Gasteiger partial charge in [-0.2, -0.15) is 5.10 Å². The Hall–Kier alpha value is -4.01. The van der Waals surface area contributed by atoms with Gasteiger partial charge in [0.2, 0.25) is 0 Å². The number of rotatable bonds is 4. The minimum Gasteiger partial charge on any atom is -0.361 e. The second-order valence-corrected chi connectivity index (χ2v) is 6.73. The summed E-state index contributed by atoms with van der Waals surface area (Å²) < 4.78 is 1.72. The summed E-state index contributed by atoms with van der Waals surface area (Å²) in [4.78, 5) is 34.5. The topological polar surface area (TPSA) is 132 Å². The minimum absolute atomic E-state index is 0.231. The van der Waals surface area contributed by atoms with Crippen LogP contribution in [0.2, 0.25) is 0 Å². The fourth-order valence-electron chi connectivity index (χ4n) is 3.16. The van der Waals surface area contributed by atoms with E-state index < -0.39 is 11.8 Å². The van der Waals surface area contributed by atoms with Gasteiger partial charge < -0.3 is 16.0 Å². The van der Waals surface area contributed by atoms with Gasteiger partial charge in [-0.3, -0.25) is 14.3 Å². The van der Waals surface area contributed by atoms with Crippen molar-refractivity contribution in [2.45, 2.75) is 13.5 Å². The Balaban J connectivity index is 1.67. The maximum Gasteiger partial charge on any atom is 0.309 e. The van der Waals surface area contributed by atoms with E-state index in [0.717, 1.165) is 33.3 Å². The van der Waals surface area contributed by atoms with Crippen LogP contribution in [-0.4, -0.2) is 36.5 Å². The van der Waals surface area contributed by atoms with Gasteiger partial charge in [0.15, 0.2) is 5.65 Å². The number of amides is 2. The van der Waals surface area contributed by atoms with Gasteiger partial charge in [-0.1, -0.05) is 18.2 Å². The standard InChI is InChI=1S/C20H19N7O2/c1-11-7-12(3-4-13(11)8-23-20(29)17(21)28)15-5-6-22-19-16(15)25-18(26-19)14-9-24-27(2)10-14/h3-7,9-10H,8H2,1-2H3,(H2,21,28)(H,23,29)(H,22,25,26). The number of nitrogens with zero attached hydrogens (tertiary/aromatic N) is 4. The number of carbonyl (C=O) groups excluding carboxylic acids is 2. The van der Waals surface area contributed by atoms with Crippen molar-refractivity contribution in [1.29, 1.82) is 0 Å². The van der Waals surface area contributed by atoms with Crippen LogP contribution >= 0.6 is 0 Å². The second kappa shape index (κ2) is 7.19. The number of hydrogen-bond acceptors (Lipinski definition) is 5. The first kappa shape index (κ1) is 18.4. The van der Waals surface area contributed by atoms with E-state index in [1.54, 1.807) is 17.1 Å². The molecule has 0 aliphatic heterocycles. The molecule has 0 saturated heterocycles. The third-order valence-electron chi connectivity index (χ3n) is 4.69. The van der Waals surface area contributed by atoms with E-state index in [1.807, 2.05) is 44.4 Å². The summed E-state index contributed by atoms with van der Waals surface area (Å²) in [7, 11) is 1.85. The van der Waals surface area contributed by atoms with E-state index in [-0.39, 0.29) is 6.54 Å². The highest BCUT2D eigenvalue weighted by Gasteiger charge is 2.14. The van der Waals surface area contributed by atoms with Crippen molar-refractivity contribution >= 4 is 23.0 Å². The van der Waals surface area contributed by atoms with Crippen LogP contribution in [0.3, 0.4) is 0 Å². The van der Waals surface area contributed by atoms with E-state index >= 15 is 0 Å². The van der Waals surface area contributed by atoms with Crippen LogP contribution in [-0.2, 0) is 23.2 Å². The predicted molar refractivity (Wildman–Crippen MR) is 107 cm³/mol. The number of hydrogen-bond donors (Lipinski definition) is 3.